The minimum Gasteiger partial charge on any atom is -0.386 e. The fourth-order valence-electron chi connectivity index (χ4n) is 2.13. The van der Waals surface area contributed by atoms with Gasteiger partial charge in [0.05, 0.1) is 12.6 Å². The van der Waals surface area contributed by atoms with Crippen molar-refractivity contribution in [2.45, 2.75) is 45.9 Å². The first-order valence-corrected chi connectivity index (χ1v) is 7.07. The summed E-state index contributed by atoms with van der Waals surface area (Å²) in [6.07, 6.45) is 1.03. The number of aryl methyl sites for hydroxylation is 2. The van der Waals surface area contributed by atoms with Crippen LogP contribution in [0, 0.1) is 0 Å². The first-order chi connectivity index (χ1) is 9.67. The monoisotopic (exact) mass is 274 g/mol. The van der Waals surface area contributed by atoms with E-state index in [0.29, 0.717) is 13.1 Å². The Balaban J connectivity index is 2.13. The van der Waals surface area contributed by atoms with Crippen LogP contribution in [0.25, 0.3) is 0 Å². The smallest absolute Gasteiger partial charge is 0.150 e. The number of rotatable bonds is 6. The maximum Gasteiger partial charge on any atom is 0.150 e. The summed E-state index contributed by atoms with van der Waals surface area (Å²) in [5, 5.41) is 14.7. The molecule has 0 saturated heterocycles. The van der Waals surface area contributed by atoms with Gasteiger partial charge in [0, 0.05) is 19.4 Å². The van der Waals surface area contributed by atoms with Crippen molar-refractivity contribution in [1.29, 1.82) is 0 Å². The van der Waals surface area contributed by atoms with Gasteiger partial charge in [-0.2, -0.15) is 5.10 Å². The molecule has 0 aliphatic rings. The van der Waals surface area contributed by atoms with Crippen molar-refractivity contribution >= 4 is 0 Å². The van der Waals surface area contributed by atoms with Crippen LogP contribution in [0.5, 0.6) is 0 Å². The van der Waals surface area contributed by atoms with E-state index in [0.717, 1.165) is 35.6 Å². The van der Waals surface area contributed by atoms with E-state index in [9.17, 15) is 5.11 Å². The average molecular weight is 274 g/mol. The number of benzene rings is 1. The van der Waals surface area contributed by atoms with Gasteiger partial charge in [-0.15, -0.1) is 0 Å². The quantitative estimate of drug-likeness (QED) is 0.838. The molecule has 0 aliphatic carbocycles. The summed E-state index contributed by atoms with van der Waals surface area (Å²) in [5.74, 6) is 1.74. The van der Waals surface area contributed by atoms with Gasteiger partial charge in [0.2, 0.25) is 0 Å². The van der Waals surface area contributed by atoms with Crippen LogP contribution in [-0.2, 0) is 25.9 Å². The van der Waals surface area contributed by atoms with E-state index in [1.807, 2.05) is 38.1 Å². The van der Waals surface area contributed by atoms with E-state index in [1.165, 1.54) is 0 Å². The molecule has 0 fully saturated rings. The third-order valence-corrected chi connectivity index (χ3v) is 3.37. The number of aliphatic hydroxyl groups excluding tert-OH is 1. The molecule has 3 N–H and O–H groups in total. The second-order valence-corrected chi connectivity index (χ2v) is 4.79. The van der Waals surface area contributed by atoms with Crippen molar-refractivity contribution < 1.29 is 5.11 Å². The summed E-state index contributed by atoms with van der Waals surface area (Å²) in [7, 11) is 0. The minimum atomic E-state index is -0.585. The molecule has 2 aromatic rings. The lowest BCUT2D eigenvalue weighted by atomic mass is 10.1. The average Bonchev–Trinajstić information content (AvgIpc) is 2.89. The summed E-state index contributed by atoms with van der Waals surface area (Å²) in [6.45, 7) is 5.01. The molecule has 0 saturated carbocycles. The van der Waals surface area contributed by atoms with Gasteiger partial charge in [0.25, 0.3) is 0 Å². The molecule has 0 amide bonds. The molecular formula is C15H22N4O. The Labute approximate surface area is 119 Å². The maximum absolute atomic E-state index is 10.3. The van der Waals surface area contributed by atoms with Crippen LogP contribution in [0.15, 0.2) is 24.3 Å². The zero-order valence-corrected chi connectivity index (χ0v) is 12.1. The van der Waals surface area contributed by atoms with Crippen molar-refractivity contribution in [3.8, 4) is 0 Å². The first-order valence-electron chi connectivity index (χ1n) is 7.07. The first kappa shape index (κ1) is 14.7. The van der Waals surface area contributed by atoms with Gasteiger partial charge < -0.3 is 10.8 Å². The molecule has 5 nitrogen and oxygen atoms in total. The van der Waals surface area contributed by atoms with Gasteiger partial charge in [-0.05, 0) is 11.1 Å². The molecule has 1 aromatic carbocycles. The Morgan fingerprint density at radius 3 is 2.45 bits per heavy atom. The van der Waals surface area contributed by atoms with E-state index in [-0.39, 0.29) is 0 Å². The summed E-state index contributed by atoms with van der Waals surface area (Å²) in [5.41, 5.74) is 7.50. The molecule has 20 heavy (non-hydrogen) atoms. The molecule has 1 aromatic heterocycles. The number of nitrogens with zero attached hydrogens (tertiary/aromatic N) is 3. The van der Waals surface area contributed by atoms with Crippen molar-refractivity contribution in [2.75, 3.05) is 0 Å². The van der Waals surface area contributed by atoms with Gasteiger partial charge in [-0.25, -0.2) is 9.67 Å². The normalized spacial score (nSPS) is 12.6. The van der Waals surface area contributed by atoms with Gasteiger partial charge >= 0.3 is 0 Å². The highest BCUT2D eigenvalue weighted by molar-refractivity contribution is 5.24. The molecule has 1 atom stereocenters. The number of aromatic nitrogens is 3. The maximum atomic E-state index is 10.3. The molecule has 1 heterocycles. The second kappa shape index (κ2) is 6.63. The SMILES string of the molecule is CCc1nc(CC)n(CC(O)c2ccc(CN)cc2)n1. The number of aliphatic hydroxyl groups is 1. The van der Waals surface area contributed by atoms with Crippen molar-refractivity contribution in [2.24, 2.45) is 5.73 Å². The molecule has 0 aliphatic heterocycles. The fourth-order valence-corrected chi connectivity index (χ4v) is 2.13. The van der Waals surface area contributed by atoms with E-state index in [4.69, 9.17) is 5.73 Å². The second-order valence-electron chi connectivity index (χ2n) is 4.79. The van der Waals surface area contributed by atoms with Crippen LogP contribution < -0.4 is 5.73 Å². The molecule has 0 spiro atoms. The fraction of sp³-hybridized carbons (Fsp3) is 0.467. The highest BCUT2D eigenvalue weighted by Crippen LogP contribution is 2.16. The largest absolute Gasteiger partial charge is 0.386 e. The lowest BCUT2D eigenvalue weighted by Gasteiger charge is -2.12. The van der Waals surface area contributed by atoms with Crippen molar-refractivity contribution in [3.05, 3.63) is 47.0 Å². The number of hydrogen-bond donors (Lipinski definition) is 2. The third kappa shape index (κ3) is 3.23. The van der Waals surface area contributed by atoms with Crippen LogP contribution in [0.2, 0.25) is 0 Å². The lowest BCUT2D eigenvalue weighted by Crippen LogP contribution is -2.13. The molecule has 0 bridgehead atoms. The summed E-state index contributed by atoms with van der Waals surface area (Å²) >= 11 is 0. The van der Waals surface area contributed by atoms with E-state index < -0.39 is 6.10 Å². The van der Waals surface area contributed by atoms with Gasteiger partial charge in [-0.1, -0.05) is 38.1 Å². The van der Waals surface area contributed by atoms with Gasteiger partial charge in [-0.3, -0.25) is 0 Å². The molecule has 0 radical (unpaired) electrons. The topological polar surface area (TPSA) is 77.0 Å². The van der Waals surface area contributed by atoms with Gasteiger partial charge in [0.1, 0.15) is 5.82 Å². The predicted octanol–water partition coefficient (Wildman–Crippen LogP) is 1.60. The lowest BCUT2D eigenvalue weighted by molar-refractivity contribution is 0.150. The molecule has 5 heteroatoms. The Morgan fingerprint density at radius 2 is 1.90 bits per heavy atom. The molecular weight excluding hydrogens is 252 g/mol. The third-order valence-electron chi connectivity index (χ3n) is 3.37. The summed E-state index contributed by atoms with van der Waals surface area (Å²) < 4.78 is 1.81. The number of nitrogens with two attached hydrogens (primary N) is 1. The van der Waals surface area contributed by atoms with Crippen molar-refractivity contribution in [1.82, 2.24) is 14.8 Å². The minimum absolute atomic E-state index is 0.429. The van der Waals surface area contributed by atoms with Crippen molar-refractivity contribution in [3.63, 3.8) is 0 Å². The highest BCUT2D eigenvalue weighted by Gasteiger charge is 2.13. The van der Waals surface area contributed by atoms with Crippen LogP contribution in [0.3, 0.4) is 0 Å². The Bertz CT molecular complexity index is 548. The van der Waals surface area contributed by atoms with Gasteiger partial charge in [0.15, 0.2) is 5.82 Å². The summed E-state index contributed by atoms with van der Waals surface area (Å²) in [6, 6.07) is 7.71. The van der Waals surface area contributed by atoms with Crippen LogP contribution >= 0.6 is 0 Å². The molecule has 108 valence electrons. The Kier molecular flexibility index (Phi) is 4.87. The zero-order valence-electron chi connectivity index (χ0n) is 12.1. The van der Waals surface area contributed by atoms with Crippen LogP contribution in [0.1, 0.15) is 42.7 Å². The molecule has 1 unspecified atom stereocenters. The van der Waals surface area contributed by atoms with E-state index >= 15 is 0 Å². The molecule has 2 rings (SSSR count). The van der Waals surface area contributed by atoms with Crippen LogP contribution in [0.4, 0.5) is 0 Å². The Hall–Kier alpha value is -1.72. The standard InChI is InChI=1S/C15H22N4O/c1-3-14-17-15(4-2)19(18-14)10-13(20)12-7-5-11(9-16)6-8-12/h5-8,13,20H,3-4,9-10,16H2,1-2H3. The summed E-state index contributed by atoms with van der Waals surface area (Å²) in [4.78, 5) is 4.45. The highest BCUT2D eigenvalue weighted by atomic mass is 16.3. The van der Waals surface area contributed by atoms with E-state index in [1.54, 1.807) is 4.68 Å². The predicted molar refractivity (Wildman–Crippen MR) is 78.1 cm³/mol. The Morgan fingerprint density at radius 1 is 1.20 bits per heavy atom. The number of hydrogen-bond acceptors (Lipinski definition) is 4. The zero-order chi connectivity index (χ0) is 14.5. The van der Waals surface area contributed by atoms with E-state index in [2.05, 4.69) is 10.1 Å². The van der Waals surface area contributed by atoms with Crippen LogP contribution in [-0.4, -0.2) is 19.9 Å².